The maximum atomic E-state index is 13.3. The Morgan fingerprint density at radius 2 is 1.59 bits per heavy atom. The van der Waals surface area contributed by atoms with Gasteiger partial charge in [0, 0.05) is 31.5 Å². The smallest absolute Gasteiger partial charge is 0.243 e. The highest BCUT2D eigenvalue weighted by Gasteiger charge is 2.28. The van der Waals surface area contributed by atoms with Gasteiger partial charge in [-0.05, 0) is 34.9 Å². The van der Waals surface area contributed by atoms with E-state index in [4.69, 9.17) is 16.3 Å². The molecule has 3 aromatic rings. The second-order valence-electron chi connectivity index (χ2n) is 7.51. The number of methoxy groups -OCH3 is 1. The number of nitrogens with zero attached hydrogens (tertiary/aromatic N) is 1. The van der Waals surface area contributed by atoms with Crippen molar-refractivity contribution in [2.75, 3.05) is 7.11 Å². The number of rotatable bonds is 9. The van der Waals surface area contributed by atoms with Crippen LogP contribution in [-0.2, 0) is 29.1 Å². The van der Waals surface area contributed by atoms with E-state index in [0.29, 0.717) is 18.0 Å². The topological polar surface area (TPSA) is 58.6 Å². The molecule has 0 fully saturated rings. The fourth-order valence-corrected chi connectivity index (χ4v) is 3.69. The van der Waals surface area contributed by atoms with Crippen molar-refractivity contribution < 1.29 is 14.3 Å². The number of hydrogen-bond acceptors (Lipinski definition) is 3. The molecule has 3 aromatic carbocycles. The normalized spacial score (nSPS) is 11.5. The summed E-state index contributed by atoms with van der Waals surface area (Å²) in [4.78, 5) is 27.5. The van der Waals surface area contributed by atoms with Crippen LogP contribution in [0.2, 0.25) is 5.02 Å². The van der Waals surface area contributed by atoms with E-state index < -0.39 is 6.04 Å². The van der Waals surface area contributed by atoms with Gasteiger partial charge in [-0.1, -0.05) is 72.3 Å². The van der Waals surface area contributed by atoms with Crippen LogP contribution in [0.5, 0.6) is 5.75 Å². The van der Waals surface area contributed by atoms with Gasteiger partial charge in [0.15, 0.2) is 0 Å². The molecule has 0 aliphatic rings. The van der Waals surface area contributed by atoms with Crippen LogP contribution >= 0.6 is 11.6 Å². The maximum Gasteiger partial charge on any atom is 0.243 e. The summed E-state index contributed by atoms with van der Waals surface area (Å²) in [5.74, 6) is 0.341. The molecular weight excluding hydrogens is 424 g/mol. The monoisotopic (exact) mass is 450 g/mol. The predicted octanol–water partition coefficient (Wildman–Crippen LogP) is 4.62. The van der Waals surface area contributed by atoms with Crippen LogP contribution in [0.1, 0.15) is 23.6 Å². The van der Waals surface area contributed by atoms with Gasteiger partial charge in [-0.3, -0.25) is 9.59 Å². The Kier molecular flexibility index (Phi) is 8.28. The van der Waals surface area contributed by atoms with Crippen molar-refractivity contribution in [1.82, 2.24) is 10.2 Å². The fraction of sp³-hybridized carbons (Fsp3) is 0.231. The van der Waals surface area contributed by atoms with E-state index in [0.717, 1.165) is 22.4 Å². The Morgan fingerprint density at radius 1 is 0.938 bits per heavy atom. The Balaban J connectivity index is 1.83. The predicted molar refractivity (Wildman–Crippen MR) is 126 cm³/mol. The Hall–Kier alpha value is -3.31. The van der Waals surface area contributed by atoms with Crippen molar-refractivity contribution >= 4 is 23.4 Å². The molecule has 0 aliphatic carbocycles. The van der Waals surface area contributed by atoms with E-state index in [2.05, 4.69) is 5.32 Å². The SMILES string of the molecule is COc1ccc(CN(C(C)=O)[C@@H](Cc2ccccc2)C(=O)NCc2ccccc2Cl)cc1. The molecule has 166 valence electrons. The molecule has 3 rings (SSSR count). The third-order valence-corrected chi connectivity index (χ3v) is 5.65. The first-order valence-corrected chi connectivity index (χ1v) is 10.8. The molecule has 5 nitrogen and oxygen atoms in total. The molecule has 1 atom stereocenters. The summed E-state index contributed by atoms with van der Waals surface area (Å²) in [7, 11) is 1.61. The van der Waals surface area contributed by atoms with E-state index >= 15 is 0 Å². The standard InChI is InChI=1S/C26H27ClN2O3/c1-19(30)29(18-21-12-14-23(32-2)15-13-21)25(16-20-8-4-3-5-9-20)26(31)28-17-22-10-6-7-11-24(22)27/h3-15,25H,16-18H2,1-2H3,(H,28,31)/t25-/m0/s1. The second kappa shape index (κ2) is 11.3. The minimum atomic E-state index is -0.667. The first-order valence-electron chi connectivity index (χ1n) is 10.4. The highest BCUT2D eigenvalue weighted by Crippen LogP contribution is 2.18. The zero-order valence-corrected chi connectivity index (χ0v) is 19.0. The van der Waals surface area contributed by atoms with Crippen molar-refractivity contribution in [2.24, 2.45) is 0 Å². The minimum Gasteiger partial charge on any atom is -0.497 e. The molecule has 2 amide bonds. The van der Waals surface area contributed by atoms with Gasteiger partial charge in [0.1, 0.15) is 11.8 Å². The molecular formula is C26H27ClN2O3. The first-order chi connectivity index (χ1) is 15.5. The minimum absolute atomic E-state index is 0.172. The number of amides is 2. The highest BCUT2D eigenvalue weighted by atomic mass is 35.5. The molecule has 0 radical (unpaired) electrons. The van der Waals surface area contributed by atoms with Crippen molar-refractivity contribution in [3.05, 3.63) is 101 Å². The van der Waals surface area contributed by atoms with Crippen LogP contribution in [0.25, 0.3) is 0 Å². The number of nitrogens with one attached hydrogen (secondary N) is 1. The number of carbonyl (C=O) groups excluding carboxylic acids is 2. The molecule has 6 heteroatoms. The van der Waals surface area contributed by atoms with Gasteiger partial charge in [-0.2, -0.15) is 0 Å². The summed E-state index contributed by atoms with van der Waals surface area (Å²) in [6.07, 6.45) is 0.408. The number of halogens is 1. The average Bonchev–Trinajstić information content (AvgIpc) is 2.81. The lowest BCUT2D eigenvalue weighted by Crippen LogP contribution is -2.49. The van der Waals surface area contributed by atoms with Crippen LogP contribution in [0.4, 0.5) is 0 Å². The van der Waals surface area contributed by atoms with Crippen LogP contribution < -0.4 is 10.1 Å². The molecule has 0 saturated carbocycles. The van der Waals surface area contributed by atoms with Gasteiger partial charge in [0.05, 0.1) is 7.11 Å². The lowest BCUT2D eigenvalue weighted by molar-refractivity contribution is -0.139. The number of carbonyl (C=O) groups is 2. The first kappa shape index (κ1) is 23.4. The van der Waals surface area contributed by atoms with Crippen molar-refractivity contribution in [2.45, 2.75) is 32.5 Å². The van der Waals surface area contributed by atoms with Gasteiger partial charge in [-0.25, -0.2) is 0 Å². The van der Waals surface area contributed by atoms with Gasteiger partial charge in [0.25, 0.3) is 0 Å². The highest BCUT2D eigenvalue weighted by molar-refractivity contribution is 6.31. The van der Waals surface area contributed by atoms with E-state index in [-0.39, 0.29) is 18.4 Å². The van der Waals surface area contributed by atoms with Crippen LogP contribution in [0, 0.1) is 0 Å². The summed E-state index contributed by atoms with van der Waals surface area (Å²) in [5.41, 5.74) is 2.72. The summed E-state index contributed by atoms with van der Waals surface area (Å²) in [6.45, 7) is 2.09. The van der Waals surface area contributed by atoms with Gasteiger partial charge in [-0.15, -0.1) is 0 Å². The number of benzene rings is 3. The largest absolute Gasteiger partial charge is 0.497 e. The zero-order chi connectivity index (χ0) is 22.9. The quantitative estimate of drug-likeness (QED) is 0.517. The van der Waals surface area contributed by atoms with E-state index in [9.17, 15) is 9.59 Å². The van der Waals surface area contributed by atoms with Crippen molar-refractivity contribution in [3.63, 3.8) is 0 Å². The molecule has 0 bridgehead atoms. The summed E-state index contributed by atoms with van der Waals surface area (Å²) >= 11 is 6.24. The van der Waals surface area contributed by atoms with Gasteiger partial charge in [0.2, 0.25) is 11.8 Å². The molecule has 0 unspecified atom stereocenters. The van der Waals surface area contributed by atoms with E-state index in [1.165, 1.54) is 6.92 Å². The lowest BCUT2D eigenvalue weighted by Gasteiger charge is -2.30. The molecule has 0 aromatic heterocycles. The van der Waals surface area contributed by atoms with Crippen LogP contribution in [0.3, 0.4) is 0 Å². The maximum absolute atomic E-state index is 13.3. The third-order valence-electron chi connectivity index (χ3n) is 5.28. The molecule has 0 spiro atoms. The second-order valence-corrected chi connectivity index (χ2v) is 7.92. The van der Waals surface area contributed by atoms with Gasteiger partial charge < -0.3 is 15.0 Å². The Bertz CT molecular complexity index is 1040. The molecule has 1 N–H and O–H groups in total. The summed E-state index contributed by atoms with van der Waals surface area (Å²) in [6, 6.07) is 23.9. The van der Waals surface area contributed by atoms with Crippen LogP contribution in [0.15, 0.2) is 78.9 Å². The Labute approximate surface area is 194 Å². The van der Waals surface area contributed by atoms with Crippen molar-refractivity contribution in [3.8, 4) is 5.75 Å². The summed E-state index contributed by atoms with van der Waals surface area (Å²) in [5, 5.41) is 3.55. The van der Waals surface area contributed by atoms with Gasteiger partial charge >= 0.3 is 0 Å². The van der Waals surface area contributed by atoms with E-state index in [1.807, 2.05) is 72.8 Å². The fourth-order valence-electron chi connectivity index (χ4n) is 3.49. The Morgan fingerprint density at radius 3 is 2.22 bits per heavy atom. The third kappa shape index (κ3) is 6.34. The number of ether oxygens (including phenoxy) is 1. The number of hydrogen-bond donors (Lipinski definition) is 1. The summed E-state index contributed by atoms with van der Waals surface area (Å²) < 4.78 is 5.21. The molecule has 0 heterocycles. The zero-order valence-electron chi connectivity index (χ0n) is 18.3. The van der Waals surface area contributed by atoms with Crippen LogP contribution in [-0.4, -0.2) is 29.9 Å². The molecule has 32 heavy (non-hydrogen) atoms. The lowest BCUT2D eigenvalue weighted by atomic mass is 10.0. The average molecular weight is 451 g/mol. The molecule has 0 saturated heterocycles. The van der Waals surface area contributed by atoms with Crippen molar-refractivity contribution in [1.29, 1.82) is 0 Å². The molecule has 0 aliphatic heterocycles. The van der Waals surface area contributed by atoms with E-state index in [1.54, 1.807) is 18.1 Å².